The molecular formula is C60H65F3N6O17S. The number of halogens is 3. The first-order valence-corrected chi connectivity index (χ1v) is 29.8. The zero-order chi connectivity index (χ0) is 61.2. The highest BCUT2D eigenvalue weighted by Crippen LogP contribution is 2.36. The molecule has 0 spiro atoms. The van der Waals surface area contributed by atoms with E-state index >= 15 is 0 Å². The van der Waals surface area contributed by atoms with Gasteiger partial charge in [0.15, 0.2) is 0 Å². The number of hydrogen-bond donors (Lipinski definition) is 2. The van der Waals surface area contributed by atoms with Crippen LogP contribution in [0.25, 0.3) is 33.8 Å². The summed E-state index contributed by atoms with van der Waals surface area (Å²) in [6.07, 6.45) is 1.81. The predicted molar refractivity (Wildman–Crippen MR) is 305 cm³/mol. The van der Waals surface area contributed by atoms with Gasteiger partial charge in [-0.15, -0.1) is 0 Å². The Morgan fingerprint density at radius 1 is 0.598 bits per heavy atom. The summed E-state index contributed by atoms with van der Waals surface area (Å²) in [5.74, 6) is 5.92. The quantitative estimate of drug-likeness (QED) is 0.0884. The van der Waals surface area contributed by atoms with Crippen LogP contribution in [0.2, 0.25) is 0 Å². The minimum absolute atomic E-state index is 0.0678. The molecule has 2 unspecified atom stereocenters. The van der Waals surface area contributed by atoms with E-state index < -0.39 is 33.2 Å². The first-order chi connectivity index (χ1) is 41.8. The van der Waals surface area contributed by atoms with Gasteiger partial charge in [0.25, 0.3) is 0 Å². The molecule has 0 aliphatic carbocycles. The molecule has 87 heavy (non-hydrogen) atoms. The summed E-state index contributed by atoms with van der Waals surface area (Å²) < 4.78 is 119. The Labute approximate surface area is 497 Å². The second-order valence-corrected chi connectivity index (χ2v) is 22.7. The maximum Gasteiger partial charge on any atom is 0.534 e. The topological polar surface area (TPSA) is 272 Å². The molecule has 464 valence electrons. The molecule has 12 rings (SSSR count). The Morgan fingerprint density at radius 3 is 1.44 bits per heavy atom. The molecule has 9 heterocycles. The van der Waals surface area contributed by atoms with Crippen LogP contribution < -0.4 is 35.5 Å². The van der Waals surface area contributed by atoms with E-state index in [-0.39, 0.29) is 73.7 Å². The normalized spacial score (nSPS) is 19.1. The number of aliphatic hydroxyl groups is 2. The molecule has 3 fully saturated rings. The summed E-state index contributed by atoms with van der Waals surface area (Å²) in [7, 11) is -5.78. The number of ether oxygens (including phenoxy) is 9. The predicted octanol–water partition coefficient (Wildman–Crippen LogP) is 4.06. The van der Waals surface area contributed by atoms with Crippen molar-refractivity contribution < 1.29 is 78.6 Å². The van der Waals surface area contributed by atoms with Crippen molar-refractivity contribution in [1.29, 1.82) is 0 Å². The van der Waals surface area contributed by atoms with Gasteiger partial charge in [0.05, 0.1) is 82.6 Å². The smallest absolute Gasteiger partial charge is 0.475 e. The Hall–Kier alpha value is -7.52. The van der Waals surface area contributed by atoms with Gasteiger partial charge < -0.3 is 57.0 Å². The van der Waals surface area contributed by atoms with Gasteiger partial charge in [-0.2, -0.15) is 36.5 Å². The van der Waals surface area contributed by atoms with Gasteiger partial charge in [0, 0.05) is 60.1 Å². The lowest BCUT2D eigenvalue weighted by Gasteiger charge is -2.24. The molecule has 0 amide bonds. The van der Waals surface area contributed by atoms with Crippen molar-refractivity contribution in [3.63, 3.8) is 0 Å². The van der Waals surface area contributed by atoms with Crippen molar-refractivity contribution in [3.8, 4) is 69.0 Å². The number of aliphatic hydroxyl groups excluding tert-OH is 2. The zero-order valence-corrected chi connectivity index (χ0v) is 48.5. The lowest BCUT2D eigenvalue weighted by atomic mass is 9.94. The van der Waals surface area contributed by atoms with Gasteiger partial charge in [0.2, 0.25) is 17.6 Å². The Balaban J connectivity index is 0.000000145. The van der Waals surface area contributed by atoms with Crippen LogP contribution >= 0.6 is 0 Å². The maximum atomic E-state index is 12.6. The monoisotopic (exact) mass is 1230 g/mol. The Morgan fingerprint density at radius 2 is 1.02 bits per heavy atom. The number of fused-ring (bicyclic) bond motifs is 9. The summed E-state index contributed by atoms with van der Waals surface area (Å²) in [5.41, 5.74) is 2.80. The number of nitrogens with zero attached hydrogens (tertiary/aromatic N) is 6. The summed E-state index contributed by atoms with van der Waals surface area (Å²) in [6, 6.07) is 21.0. The van der Waals surface area contributed by atoms with E-state index in [9.17, 15) is 46.2 Å². The van der Waals surface area contributed by atoms with Crippen LogP contribution in [0, 0.1) is 11.8 Å². The van der Waals surface area contributed by atoms with E-state index in [0.29, 0.717) is 102 Å². The Kier molecular flexibility index (Phi) is 20.2. The van der Waals surface area contributed by atoms with E-state index in [4.69, 9.17) is 42.6 Å². The van der Waals surface area contributed by atoms with Crippen molar-refractivity contribution in [1.82, 2.24) is 28.7 Å². The molecular weight excluding hydrogens is 1170 g/mol. The third kappa shape index (κ3) is 16.0. The molecule has 0 saturated carbocycles. The molecule has 0 bridgehead atoms. The molecule has 6 aliphatic rings. The van der Waals surface area contributed by atoms with E-state index in [1.165, 1.54) is 33.9 Å². The SMILES string of the molecule is CC(O)C#Cc1ccc2c(c1)CCn1c-2cc(OC[C@@H]2COCCO2)nc1=O.CC(O)CCc1ccc2c(c1)CCn1c-2cc(OC[C@@H]2COCCO2)nc1=O.O=c1nc(OC[C@@H]2COCCO2)cc2n1CCc1cc(OS(=O)(=O)C(F)(F)F)ccc1-2. The molecule has 3 aromatic heterocycles. The molecule has 6 aromatic rings. The maximum absolute atomic E-state index is 12.6. The molecule has 0 radical (unpaired) electrons. The number of hydrogen-bond acceptors (Lipinski definition) is 20. The van der Waals surface area contributed by atoms with E-state index in [0.717, 1.165) is 65.4 Å². The first kappa shape index (κ1) is 62.5. The fourth-order valence-electron chi connectivity index (χ4n) is 10.3. The van der Waals surface area contributed by atoms with Crippen molar-refractivity contribution in [2.75, 3.05) is 79.3 Å². The van der Waals surface area contributed by atoms with E-state index in [1.807, 2.05) is 24.3 Å². The second-order valence-electron chi connectivity index (χ2n) is 21.1. The van der Waals surface area contributed by atoms with Gasteiger partial charge in [-0.05, 0) is 98.5 Å². The molecule has 2 N–H and O–H groups in total. The number of aryl methyl sites for hydroxylation is 4. The number of alkyl halides is 3. The lowest BCUT2D eigenvalue weighted by Crippen LogP contribution is -2.34. The summed E-state index contributed by atoms with van der Waals surface area (Å²) in [6.45, 7) is 10.1. The van der Waals surface area contributed by atoms with Crippen molar-refractivity contribution in [2.45, 2.75) is 102 Å². The van der Waals surface area contributed by atoms with E-state index in [1.54, 1.807) is 29.0 Å². The molecule has 6 aliphatic heterocycles. The minimum Gasteiger partial charge on any atom is -0.475 e. The van der Waals surface area contributed by atoms with Crippen LogP contribution in [-0.4, -0.2) is 163 Å². The highest BCUT2D eigenvalue weighted by Gasteiger charge is 2.48. The average Bonchev–Trinajstić information content (AvgIpc) is 1.11. The van der Waals surface area contributed by atoms with E-state index in [2.05, 4.69) is 49.2 Å². The summed E-state index contributed by atoms with van der Waals surface area (Å²) >= 11 is 0. The second kappa shape index (κ2) is 28.1. The Bertz CT molecular complexity index is 3790. The van der Waals surface area contributed by atoms with Crippen LogP contribution in [0.5, 0.6) is 23.4 Å². The lowest BCUT2D eigenvalue weighted by molar-refractivity contribution is -0.102. The van der Waals surface area contributed by atoms with Crippen molar-refractivity contribution >= 4 is 10.1 Å². The van der Waals surface area contributed by atoms with Gasteiger partial charge >= 0.3 is 32.7 Å². The van der Waals surface area contributed by atoms with Crippen LogP contribution in [0.3, 0.4) is 0 Å². The van der Waals surface area contributed by atoms with Crippen LogP contribution in [0.1, 0.15) is 48.1 Å². The fraction of sp³-hybridized carbons (Fsp3) is 0.467. The standard InChI is InChI=1S/C21H26N2O5.C21H22N2O5.C18H17F3N2O7S/c2*1-14(24)2-3-15-4-5-18-16(10-15)6-7-23-19(18)11-20(22-21(23)25)28-13-17-12-26-8-9-27-17;19-18(20,21)31(25,26)30-12-1-2-14-11(7-12)3-4-23-15(14)8-16(22-17(23)24)29-10-13-9-27-5-6-28-13/h4-5,10-11,14,17,24H,2-3,6-9,12-13H2,1H3;4-5,10-11,14,17,24H,6-9,12-13H2,1H3;1-2,7-8,13H,3-6,9-10H2/t2*14?,17-;13-/m000/s1. The van der Waals surface area contributed by atoms with Crippen molar-refractivity contribution in [2.24, 2.45) is 0 Å². The molecule has 3 saturated heterocycles. The van der Waals surface area contributed by atoms with Crippen LogP contribution in [0.4, 0.5) is 13.2 Å². The van der Waals surface area contributed by atoms with Gasteiger partial charge in [-0.3, -0.25) is 13.7 Å². The number of benzene rings is 3. The van der Waals surface area contributed by atoms with Gasteiger partial charge in [-0.25, -0.2) is 14.4 Å². The molecule has 3 aromatic carbocycles. The highest BCUT2D eigenvalue weighted by atomic mass is 32.2. The third-order valence-electron chi connectivity index (χ3n) is 14.6. The van der Waals surface area contributed by atoms with Gasteiger partial charge in [-0.1, -0.05) is 36.1 Å². The molecule has 5 atom stereocenters. The number of aromatic nitrogens is 6. The highest BCUT2D eigenvalue weighted by molar-refractivity contribution is 7.88. The largest absolute Gasteiger partial charge is 0.534 e. The average molecular weight is 1230 g/mol. The first-order valence-electron chi connectivity index (χ1n) is 28.4. The van der Waals surface area contributed by atoms with Crippen LogP contribution in [0.15, 0.2) is 87.2 Å². The number of rotatable bonds is 14. The van der Waals surface area contributed by atoms with Gasteiger partial charge in [0.1, 0.15) is 50.0 Å². The molecule has 27 heteroatoms. The minimum atomic E-state index is -5.78. The summed E-state index contributed by atoms with van der Waals surface area (Å²) in [4.78, 5) is 49.3. The fourth-order valence-corrected chi connectivity index (χ4v) is 10.8. The molecule has 23 nitrogen and oxygen atoms in total. The summed E-state index contributed by atoms with van der Waals surface area (Å²) in [5, 5.41) is 18.9. The zero-order valence-electron chi connectivity index (χ0n) is 47.7. The van der Waals surface area contributed by atoms with Crippen LogP contribution in [-0.2, 0) is 83.9 Å². The third-order valence-corrected chi connectivity index (χ3v) is 15.6. The van der Waals surface area contributed by atoms with Crippen molar-refractivity contribution in [3.05, 3.63) is 132 Å².